The molecule has 0 saturated carbocycles. The number of hydrogen-bond acceptors (Lipinski definition) is 2. The van der Waals surface area contributed by atoms with Gasteiger partial charge in [-0.05, 0) is 12.0 Å². The van der Waals surface area contributed by atoms with Crippen molar-refractivity contribution in [2.45, 2.75) is 6.42 Å². The van der Waals surface area contributed by atoms with E-state index in [1.54, 1.807) is 0 Å². The Hall–Kier alpha value is -1.55. The van der Waals surface area contributed by atoms with Crippen LogP contribution in [0.15, 0.2) is 30.3 Å². The zero-order valence-corrected chi connectivity index (χ0v) is 10.2. The molecule has 1 rings (SSSR count). The molecule has 2 amide bonds. The minimum absolute atomic E-state index is 0.0274. The molecule has 0 spiro atoms. The Kier molecular flexibility index (Phi) is 6.10. The summed E-state index contributed by atoms with van der Waals surface area (Å²) in [5.41, 5.74) is 1.16. The lowest BCUT2D eigenvalue weighted by Crippen LogP contribution is -2.38. The van der Waals surface area contributed by atoms with Crippen molar-refractivity contribution in [2.24, 2.45) is 0 Å². The van der Waals surface area contributed by atoms with Crippen LogP contribution < -0.4 is 10.6 Å². The molecule has 92 valence electrons. The Morgan fingerprint density at radius 1 is 1.06 bits per heavy atom. The molecule has 0 aromatic heterocycles. The zero-order chi connectivity index (χ0) is 12.5. The van der Waals surface area contributed by atoms with E-state index in [2.05, 4.69) is 10.6 Å². The second-order valence-electron chi connectivity index (χ2n) is 3.50. The summed E-state index contributed by atoms with van der Waals surface area (Å²) < 4.78 is 0. The first-order valence-electron chi connectivity index (χ1n) is 5.35. The summed E-state index contributed by atoms with van der Waals surface area (Å²) in [6.07, 6.45) is 0.774. The Balaban J connectivity index is 2.14. The zero-order valence-electron chi connectivity index (χ0n) is 9.41. The van der Waals surface area contributed by atoms with Crippen LogP contribution in [0.5, 0.6) is 0 Å². The summed E-state index contributed by atoms with van der Waals surface area (Å²) >= 11 is 5.28. The maximum atomic E-state index is 11.3. The molecule has 0 fully saturated rings. The van der Waals surface area contributed by atoms with E-state index in [9.17, 15) is 9.59 Å². The molecular weight excluding hydrogens is 240 g/mol. The van der Waals surface area contributed by atoms with E-state index in [1.165, 1.54) is 0 Å². The molecule has 0 atom stereocenters. The molecule has 2 N–H and O–H groups in total. The van der Waals surface area contributed by atoms with Crippen LogP contribution >= 0.6 is 11.6 Å². The van der Waals surface area contributed by atoms with Crippen LogP contribution in [0.2, 0.25) is 0 Å². The molecule has 4 nitrogen and oxygen atoms in total. The Bertz CT molecular complexity index is 368. The summed E-state index contributed by atoms with van der Waals surface area (Å²) in [6.45, 7) is 0.528. The third-order valence-corrected chi connectivity index (χ3v) is 2.39. The summed E-state index contributed by atoms with van der Waals surface area (Å²) in [6, 6.07) is 9.86. The van der Waals surface area contributed by atoms with Gasteiger partial charge in [-0.2, -0.15) is 0 Å². The lowest BCUT2D eigenvalue weighted by atomic mass is 10.1. The highest BCUT2D eigenvalue weighted by atomic mass is 35.5. The molecule has 0 aliphatic carbocycles. The van der Waals surface area contributed by atoms with Crippen molar-refractivity contribution >= 4 is 23.4 Å². The number of hydrogen-bond donors (Lipinski definition) is 2. The fourth-order valence-corrected chi connectivity index (χ4v) is 1.37. The van der Waals surface area contributed by atoms with Gasteiger partial charge in [-0.3, -0.25) is 9.59 Å². The van der Waals surface area contributed by atoms with Gasteiger partial charge in [0.25, 0.3) is 0 Å². The Labute approximate surface area is 105 Å². The molecule has 1 aromatic rings. The lowest BCUT2D eigenvalue weighted by Gasteiger charge is -2.05. The van der Waals surface area contributed by atoms with Gasteiger partial charge in [-0.1, -0.05) is 30.3 Å². The first-order valence-corrected chi connectivity index (χ1v) is 5.89. The van der Waals surface area contributed by atoms with Crippen molar-refractivity contribution in [3.63, 3.8) is 0 Å². The van der Waals surface area contributed by atoms with Gasteiger partial charge in [0.1, 0.15) is 5.88 Å². The fourth-order valence-electron chi connectivity index (χ4n) is 1.28. The standard InChI is InChI=1S/C12H15ClN2O2/c13-8-11(16)15-9-12(17)14-7-6-10-4-2-1-3-5-10/h1-5H,6-9H2,(H,14,17)(H,15,16). The summed E-state index contributed by atoms with van der Waals surface area (Å²) in [5, 5.41) is 5.11. The van der Waals surface area contributed by atoms with Crippen LogP contribution in [-0.4, -0.2) is 30.8 Å². The Morgan fingerprint density at radius 3 is 2.41 bits per heavy atom. The number of rotatable bonds is 6. The topological polar surface area (TPSA) is 58.2 Å². The summed E-state index contributed by atoms with van der Waals surface area (Å²) in [4.78, 5) is 22.1. The summed E-state index contributed by atoms with van der Waals surface area (Å²) in [5.74, 6) is -0.679. The van der Waals surface area contributed by atoms with Crippen LogP contribution in [0.3, 0.4) is 0 Å². The van der Waals surface area contributed by atoms with E-state index < -0.39 is 0 Å². The first kappa shape index (κ1) is 13.5. The van der Waals surface area contributed by atoms with Crippen LogP contribution in [-0.2, 0) is 16.0 Å². The molecule has 0 aliphatic rings. The third-order valence-electron chi connectivity index (χ3n) is 2.15. The quantitative estimate of drug-likeness (QED) is 0.735. The highest BCUT2D eigenvalue weighted by molar-refractivity contribution is 6.27. The van der Waals surface area contributed by atoms with Gasteiger partial charge < -0.3 is 10.6 Å². The van der Waals surface area contributed by atoms with Crippen molar-refractivity contribution in [2.75, 3.05) is 19.0 Å². The maximum Gasteiger partial charge on any atom is 0.239 e. The minimum Gasteiger partial charge on any atom is -0.354 e. The van der Waals surface area contributed by atoms with E-state index in [0.717, 1.165) is 12.0 Å². The largest absolute Gasteiger partial charge is 0.354 e. The van der Waals surface area contributed by atoms with Crippen molar-refractivity contribution in [1.82, 2.24) is 10.6 Å². The van der Waals surface area contributed by atoms with Gasteiger partial charge in [0.2, 0.25) is 11.8 Å². The molecule has 1 aromatic carbocycles. The van der Waals surface area contributed by atoms with Crippen LogP contribution in [0.1, 0.15) is 5.56 Å². The normalized spacial score (nSPS) is 9.71. The second kappa shape index (κ2) is 7.68. The molecule has 0 radical (unpaired) electrons. The predicted molar refractivity (Wildman–Crippen MR) is 66.9 cm³/mol. The van der Waals surface area contributed by atoms with E-state index in [-0.39, 0.29) is 24.2 Å². The predicted octanol–water partition coefficient (Wildman–Crippen LogP) is 0.700. The van der Waals surface area contributed by atoms with Gasteiger partial charge in [-0.25, -0.2) is 0 Å². The van der Waals surface area contributed by atoms with Crippen LogP contribution in [0.4, 0.5) is 0 Å². The molecular formula is C12H15ClN2O2. The summed E-state index contributed by atoms with van der Waals surface area (Å²) in [7, 11) is 0. The molecule has 0 saturated heterocycles. The van der Waals surface area contributed by atoms with E-state index in [1.807, 2.05) is 30.3 Å². The number of carbonyl (C=O) groups is 2. The number of amides is 2. The van der Waals surface area contributed by atoms with E-state index >= 15 is 0 Å². The van der Waals surface area contributed by atoms with Gasteiger partial charge in [0, 0.05) is 6.54 Å². The average molecular weight is 255 g/mol. The maximum absolute atomic E-state index is 11.3. The first-order chi connectivity index (χ1) is 8.22. The molecule has 17 heavy (non-hydrogen) atoms. The number of alkyl halides is 1. The highest BCUT2D eigenvalue weighted by Gasteiger charge is 2.03. The molecule has 5 heteroatoms. The number of benzene rings is 1. The van der Waals surface area contributed by atoms with Crippen molar-refractivity contribution < 1.29 is 9.59 Å². The Morgan fingerprint density at radius 2 is 1.76 bits per heavy atom. The molecule has 0 bridgehead atoms. The minimum atomic E-state index is -0.343. The smallest absolute Gasteiger partial charge is 0.239 e. The number of carbonyl (C=O) groups excluding carboxylic acids is 2. The van der Waals surface area contributed by atoms with Gasteiger partial charge >= 0.3 is 0 Å². The SMILES string of the molecule is O=C(CCl)NCC(=O)NCCc1ccccc1. The number of nitrogens with one attached hydrogen (secondary N) is 2. The molecule has 0 aliphatic heterocycles. The molecule has 0 heterocycles. The average Bonchev–Trinajstić information content (AvgIpc) is 2.37. The van der Waals surface area contributed by atoms with Gasteiger partial charge in [0.15, 0.2) is 0 Å². The van der Waals surface area contributed by atoms with E-state index in [0.29, 0.717) is 6.54 Å². The number of halogens is 1. The van der Waals surface area contributed by atoms with Crippen molar-refractivity contribution in [3.8, 4) is 0 Å². The van der Waals surface area contributed by atoms with Gasteiger partial charge in [-0.15, -0.1) is 11.6 Å². The van der Waals surface area contributed by atoms with Crippen molar-refractivity contribution in [3.05, 3.63) is 35.9 Å². The van der Waals surface area contributed by atoms with Crippen molar-refractivity contribution in [1.29, 1.82) is 0 Å². The monoisotopic (exact) mass is 254 g/mol. The lowest BCUT2D eigenvalue weighted by molar-refractivity contribution is -0.124. The van der Waals surface area contributed by atoms with Gasteiger partial charge in [0.05, 0.1) is 6.54 Å². The molecule has 0 unspecified atom stereocenters. The van der Waals surface area contributed by atoms with Crippen LogP contribution in [0.25, 0.3) is 0 Å². The third kappa shape index (κ3) is 5.92. The van der Waals surface area contributed by atoms with E-state index in [4.69, 9.17) is 11.6 Å². The fraction of sp³-hybridized carbons (Fsp3) is 0.333. The van der Waals surface area contributed by atoms with Crippen LogP contribution in [0, 0.1) is 0 Å². The highest BCUT2D eigenvalue weighted by Crippen LogP contribution is 1.97. The second-order valence-corrected chi connectivity index (χ2v) is 3.76.